The number of thioether (sulfide) groups is 1. The number of nitrogens with zero attached hydrogens (tertiary/aromatic N) is 4. The van der Waals surface area contributed by atoms with Crippen LogP contribution in [0.5, 0.6) is 5.75 Å². The van der Waals surface area contributed by atoms with E-state index in [1.165, 1.54) is 16.8 Å². The number of aromatic nitrogens is 1. The van der Waals surface area contributed by atoms with E-state index in [0.717, 1.165) is 38.5 Å². The van der Waals surface area contributed by atoms with Gasteiger partial charge in [-0.15, -0.1) is 0 Å². The molecule has 0 saturated heterocycles. The number of carbonyl (C=O) groups is 1. The first kappa shape index (κ1) is 23.1. The maximum Gasteiger partial charge on any atom is 0.283 e. The molecule has 178 valence electrons. The molecule has 1 N–H and O–H groups in total. The molecular weight excluding hydrogens is 458 g/mol. The number of fused-ring (bicyclic) bond motifs is 2. The topological polar surface area (TPSA) is 83.0 Å². The van der Waals surface area contributed by atoms with Crippen molar-refractivity contribution in [2.24, 2.45) is 16.0 Å². The molecule has 2 aliphatic heterocycles. The lowest BCUT2D eigenvalue weighted by atomic mass is 10.1. The zero-order chi connectivity index (χ0) is 24.7. The minimum absolute atomic E-state index is 0.0576. The Morgan fingerprint density at radius 1 is 1.14 bits per heavy atom. The van der Waals surface area contributed by atoms with Crippen LogP contribution in [0.2, 0.25) is 0 Å². The predicted molar refractivity (Wildman–Crippen MR) is 143 cm³/mol. The number of carbonyl (C=O) groups excluding carboxylic acids is 1. The highest BCUT2D eigenvalue weighted by Gasteiger charge is 2.36. The highest BCUT2D eigenvalue weighted by atomic mass is 32.2. The number of hydrazone groups is 1. The summed E-state index contributed by atoms with van der Waals surface area (Å²) < 4.78 is 8.20. The number of hydrogen-bond acceptors (Lipinski definition) is 5. The molecule has 3 aromatic rings. The second kappa shape index (κ2) is 9.19. The van der Waals surface area contributed by atoms with E-state index in [2.05, 4.69) is 20.7 Å². The van der Waals surface area contributed by atoms with Crippen molar-refractivity contribution >= 4 is 50.7 Å². The molecule has 0 bridgehead atoms. The van der Waals surface area contributed by atoms with E-state index in [1.807, 2.05) is 70.2 Å². The van der Waals surface area contributed by atoms with Gasteiger partial charge in [-0.25, -0.2) is 0 Å². The summed E-state index contributed by atoms with van der Waals surface area (Å²) in [6, 6.07) is 16.1. The van der Waals surface area contributed by atoms with Crippen LogP contribution in [-0.4, -0.2) is 38.1 Å². The molecular formula is C27H27N5O2S. The van der Waals surface area contributed by atoms with Crippen molar-refractivity contribution < 1.29 is 9.53 Å². The van der Waals surface area contributed by atoms with Gasteiger partial charge < -0.3 is 9.30 Å². The zero-order valence-corrected chi connectivity index (χ0v) is 21.0. The molecule has 0 radical (unpaired) electrons. The molecule has 8 heteroatoms. The number of ether oxygens (including phenoxy) is 1. The Labute approximate surface area is 208 Å². The third-order valence-electron chi connectivity index (χ3n) is 6.11. The second-order valence-corrected chi connectivity index (χ2v) is 9.93. The van der Waals surface area contributed by atoms with Crippen LogP contribution in [-0.2, 0) is 11.3 Å². The third kappa shape index (κ3) is 4.30. The van der Waals surface area contributed by atoms with Gasteiger partial charge in [0, 0.05) is 28.1 Å². The van der Waals surface area contributed by atoms with E-state index in [-0.39, 0.29) is 17.3 Å². The fourth-order valence-corrected chi connectivity index (χ4v) is 5.16. The van der Waals surface area contributed by atoms with Gasteiger partial charge in [-0.05, 0) is 55.4 Å². The molecule has 2 aliphatic rings. The minimum Gasteiger partial charge on any atom is -0.492 e. The van der Waals surface area contributed by atoms with Crippen LogP contribution in [0, 0.1) is 25.2 Å². The van der Waals surface area contributed by atoms with Gasteiger partial charge in [0.15, 0.2) is 5.84 Å². The van der Waals surface area contributed by atoms with Gasteiger partial charge in [-0.3, -0.25) is 10.2 Å². The molecule has 7 nitrogen and oxygen atoms in total. The molecule has 0 spiro atoms. The summed E-state index contributed by atoms with van der Waals surface area (Å²) >= 11 is 1.36. The SMILES string of the molecule is Cc1cccc(OCCn2c(C)c(C=C3C(=N)N4N=C(C(C)C)SC4=NC3=O)c3ccccc32)c1. The summed E-state index contributed by atoms with van der Waals surface area (Å²) in [5, 5.41) is 17.0. The van der Waals surface area contributed by atoms with E-state index in [1.54, 1.807) is 6.08 Å². The number of aliphatic imine (C=N–C) groups is 1. The quantitative estimate of drug-likeness (QED) is 0.460. The predicted octanol–water partition coefficient (Wildman–Crippen LogP) is 5.61. The van der Waals surface area contributed by atoms with E-state index in [0.29, 0.717) is 18.3 Å². The highest BCUT2D eigenvalue weighted by Crippen LogP contribution is 2.33. The standard InChI is InChI=1S/C27H27N5O2S/c1-16(2)26-30-32-24(28)22(25(33)29-27(32)35-26)15-21-18(4)31(23-11-6-5-10-20(21)23)12-13-34-19-9-7-8-17(3)14-19/h5-11,14-16,28H,12-13H2,1-4H3. The smallest absolute Gasteiger partial charge is 0.283 e. The van der Waals surface area contributed by atoms with Gasteiger partial charge >= 0.3 is 0 Å². The van der Waals surface area contributed by atoms with Gasteiger partial charge in [0.05, 0.1) is 12.1 Å². The molecule has 0 unspecified atom stereocenters. The number of hydrogen-bond donors (Lipinski definition) is 1. The van der Waals surface area contributed by atoms with E-state index < -0.39 is 5.91 Å². The van der Waals surface area contributed by atoms with Crippen LogP contribution in [0.15, 0.2) is 64.2 Å². The lowest BCUT2D eigenvalue weighted by Crippen LogP contribution is -2.35. The number of rotatable bonds is 6. The average molecular weight is 486 g/mol. The molecule has 0 fully saturated rings. The average Bonchev–Trinajstić information content (AvgIpc) is 3.37. The summed E-state index contributed by atoms with van der Waals surface area (Å²) in [7, 11) is 0. The van der Waals surface area contributed by atoms with Crippen molar-refractivity contribution in [1.29, 1.82) is 5.41 Å². The fourth-order valence-electron chi connectivity index (χ4n) is 4.27. The van der Waals surface area contributed by atoms with Gasteiger partial charge in [-0.2, -0.15) is 15.1 Å². The molecule has 0 atom stereocenters. The Morgan fingerprint density at radius 3 is 2.71 bits per heavy atom. The fraction of sp³-hybridized carbons (Fsp3) is 0.259. The summed E-state index contributed by atoms with van der Waals surface area (Å²) in [6.07, 6.45) is 1.79. The Hall–Kier alpha value is -3.65. The lowest BCUT2D eigenvalue weighted by molar-refractivity contribution is -0.114. The molecule has 1 amide bonds. The van der Waals surface area contributed by atoms with E-state index in [4.69, 9.17) is 10.1 Å². The Kier molecular flexibility index (Phi) is 6.06. The Balaban J connectivity index is 1.48. The Morgan fingerprint density at radius 2 is 1.94 bits per heavy atom. The molecule has 2 aromatic carbocycles. The van der Waals surface area contributed by atoms with E-state index in [9.17, 15) is 4.79 Å². The summed E-state index contributed by atoms with van der Waals surface area (Å²) in [4.78, 5) is 17.2. The van der Waals surface area contributed by atoms with Gasteiger partial charge in [0.25, 0.3) is 5.91 Å². The number of aryl methyl sites for hydroxylation is 1. The second-order valence-electron chi connectivity index (χ2n) is 8.95. The van der Waals surface area contributed by atoms with Crippen molar-refractivity contribution in [3.8, 4) is 5.75 Å². The van der Waals surface area contributed by atoms with Gasteiger partial charge in [-0.1, -0.05) is 44.2 Å². The third-order valence-corrected chi connectivity index (χ3v) is 7.31. The van der Waals surface area contributed by atoms with Crippen LogP contribution >= 0.6 is 11.8 Å². The minimum atomic E-state index is -0.409. The zero-order valence-electron chi connectivity index (χ0n) is 20.2. The van der Waals surface area contributed by atoms with Crippen molar-refractivity contribution in [3.05, 3.63) is 70.9 Å². The molecule has 0 saturated carbocycles. The molecule has 35 heavy (non-hydrogen) atoms. The lowest BCUT2D eigenvalue weighted by Gasteiger charge is -2.20. The van der Waals surface area contributed by atoms with Crippen molar-refractivity contribution in [2.45, 2.75) is 34.2 Å². The van der Waals surface area contributed by atoms with Crippen molar-refractivity contribution in [3.63, 3.8) is 0 Å². The highest BCUT2D eigenvalue weighted by molar-refractivity contribution is 8.27. The van der Waals surface area contributed by atoms with Crippen LogP contribution in [0.25, 0.3) is 17.0 Å². The molecule has 1 aromatic heterocycles. The van der Waals surface area contributed by atoms with Gasteiger partial charge in [0.2, 0.25) is 5.17 Å². The first-order valence-corrected chi connectivity index (χ1v) is 12.4. The maximum atomic E-state index is 12.9. The van der Waals surface area contributed by atoms with Crippen molar-refractivity contribution in [2.75, 3.05) is 6.61 Å². The molecule has 0 aliphatic carbocycles. The molecule has 5 rings (SSSR count). The summed E-state index contributed by atoms with van der Waals surface area (Å²) in [5.41, 5.74) is 4.36. The number of nitrogens with one attached hydrogen (secondary N) is 1. The van der Waals surface area contributed by atoms with Crippen LogP contribution < -0.4 is 4.74 Å². The first-order chi connectivity index (χ1) is 16.8. The number of amides is 1. The normalized spacial score (nSPS) is 16.8. The Bertz CT molecular complexity index is 1450. The number of benzene rings is 2. The summed E-state index contributed by atoms with van der Waals surface area (Å²) in [5.74, 6) is 0.696. The van der Waals surface area contributed by atoms with Crippen LogP contribution in [0.3, 0.4) is 0 Å². The maximum absolute atomic E-state index is 12.9. The first-order valence-electron chi connectivity index (χ1n) is 11.6. The van der Waals surface area contributed by atoms with Crippen LogP contribution in [0.4, 0.5) is 0 Å². The van der Waals surface area contributed by atoms with Gasteiger partial charge in [0.1, 0.15) is 17.4 Å². The number of amidine groups is 2. The molecule has 3 heterocycles. The monoisotopic (exact) mass is 485 g/mol. The van der Waals surface area contributed by atoms with Crippen LogP contribution in [0.1, 0.15) is 30.7 Å². The number of para-hydroxylation sites is 1. The van der Waals surface area contributed by atoms with Crippen molar-refractivity contribution in [1.82, 2.24) is 9.58 Å². The summed E-state index contributed by atoms with van der Waals surface area (Å²) in [6.45, 7) is 9.32. The van der Waals surface area contributed by atoms with E-state index >= 15 is 0 Å². The largest absolute Gasteiger partial charge is 0.492 e.